The van der Waals surface area contributed by atoms with Crippen molar-refractivity contribution in [1.82, 2.24) is 4.90 Å². The summed E-state index contributed by atoms with van der Waals surface area (Å²) in [6.07, 6.45) is 1.36. The lowest BCUT2D eigenvalue weighted by atomic mass is 9.97. The average molecular weight is 373 g/mol. The second kappa shape index (κ2) is 8.34. The Balaban J connectivity index is 1.61. The number of amides is 1. The molecule has 0 aromatic heterocycles. The highest BCUT2D eigenvalue weighted by Gasteiger charge is 2.24. The normalized spacial score (nSPS) is 15.6. The molecule has 0 bridgehead atoms. The molecule has 26 heavy (non-hydrogen) atoms. The molecule has 2 aromatic rings. The summed E-state index contributed by atoms with van der Waals surface area (Å²) in [5, 5.41) is 12.4. The molecular weight excluding hydrogens is 352 g/mol. The first-order valence-corrected chi connectivity index (χ1v) is 9.00. The Morgan fingerprint density at radius 3 is 2.54 bits per heavy atom. The number of carboxylic acids is 1. The first-order valence-electron chi connectivity index (χ1n) is 8.63. The van der Waals surface area contributed by atoms with E-state index in [9.17, 15) is 9.59 Å². The number of nitrogens with zero attached hydrogens (tertiary/aromatic N) is 1. The molecule has 1 aliphatic rings. The monoisotopic (exact) mass is 372 g/mol. The molecule has 136 valence electrons. The molecule has 0 radical (unpaired) electrons. The van der Waals surface area contributed by atoms with Crippen LogP contribution in [0.5, 0.6) is 0 Å². The van der Waals surface area contributed by atoms with Crippen molar-refractivity contribution in [2.24, 2.45) is 5.92 Å². The fourth-order valence-electron chi connectivity index (χ4n) is 3.19. The van der Waals surface area contributed by atoms with Crippen LogP contribution < -0.4 is 5.32 Å². The van der Waals surface area contributed by atoms with E-state index < -0.39 is 5.97 Å². The second-order valence-corrected chi connectivity index (χ2v) is 6.93. The summed E-state index contributed by atoms with van der Waals surface area (Å²) in [5.41, 5.74) is 2.24. The molecule has 1 saturated heterocycles. The predicted molar refractivity (Wildman–Crippen MR) is 101 cm³/mol. The summed E-state index contributed by atoms with van der Waals surface area (Å²) in [5.74, 6) is -1.17. The van der Waals surface area contributed by atoms with E-state index >= 15 is 0 Å². The number of carbonyl (C=O) groups excluding carboxylic acids is 1. The summed E-state index contributed by atoms with van der Waals surface area (Å²) < 4.78 is 0. The molecule has 1 fully saturated rings. The molecule has 3 rings (SSSR count). The van der Waals surface area contributed by atoms with Gasteiger partial charge in [0.2, 0.25) is 0 Å². The van der Waals surface area contributed by atoms with Crippen LogP contribution in [0, 0.1) is 5.92 Å². The molecule has 6 heteroatoms. The average Bonchev–Trinajstić information content (AvgIpc) is 2.63. The first-order chi connectivity index (χ1) is 12.5. The molecule has 0 unspecified atom stereocenters. The first kappa shape index (κ1) is 18.4. The van der Waals surface area contributed by atoms with Crippen molar-refractivity contribution in [1.29, 1.82) is 0 Å². The molecule has 1 heterocycles. The lowest BCUT2D eigenvalue weighted by Gasteiger charge is -2.30. The standard InChI is InChI=1S/C20H21ClN2O3/c21-18-7-2-1-6-17(18)19(24)22-16-5-3-4-14(12-16)13-23-10-8-15(9-11-23)20(25)26/h1-7,12,15H,8-11,13H2,(H,22,24)(H,25,26). The van der Waals surface area contributed by atoms with Gasteiger partial charge >= 0.3 is 5.97 Å². The Hall–Kier alpha value is -2.37. The van der Waals surface area contributed by atoms with Gasteiger partial charge in [-0.15, -0.1) is 0 Å². The molecule has 0 aliphatic carbocycles. The number of aliphatic carboxylic acids is 1. The quantitative estimate of drug-likeness (QED) is 0.835. The molecule has 0 saturated carbocycles. The van der Waals surface area contributed by atoms with Gasteiger partial charge in [-0.1, -0.05) is 35.9 Å². The van der Waals surface area contributed by atoms with Crippen LogP contribution in [0.4, 0.5) is 5.69 Å². The van der Waals surface area contributed by atoms with Crippen molar-refractivity contribution in [3.8, 4) is 0 Å². The van der Waals surface area contributed by atoms with Crippen LogP contribution in [0.3, 0.4) is 0 Å². The number of piperidine rings is 1. The number of hydrogen-bond donors (Lipinski definition) is 2. The van der Waals surface area contributed by atoms with Gasteiger partial charge in [0.15, 0.2) is 0 Å². The maximum absolute atomic E-state index is 12.4. The zero-order valence-electron chi connectivity index (χ0n) is 14.3. The molecule has 0 spiro atoms. The van der Waals surface area contributed by atoms with Gasteiger partial charge in [-0.05, 0) is 55.8 Å². The maximum atomic E-state index is 12.4. The summed E-state index contributed by atoms with van der Waals surface area (Å²) >= 11 is 6.07. The fraction of sp³-hybridized carbons (Fsp3) is 0.300. The van der Waals surface area contributed by atoms with E-state index in [4.69, 9.17) is 16.7 Å². The van der Waals surface area contributed by atoms with Crippen molar-refractivity contribution in [3.63, 3.8) is 0 Å². The van der Waals surface area contributed by atoms with Crippen molar-refractivity contribution in [2.45, 2.75) is 19.4 Å². The Labute approximate surface area is 157 Å². The summed E-state index contributed by atoms with van der Waals surface area (Å²) in [4.78, 5) is 25.7. The van der Waals surface area contributed by atoms with Gasteiger partial charge in [0.25, 0.3) is 5.91 Å². The number of benzene rings is 2. The molecule has 0 atom stereocenters. The SMILES string of the molecule is O=C(Nc1cccc(CN2CCC(C(=O)O)CC2)c1)c1ccccc1Cl. The van der Waals surface area contributed by atoms with E-state index in [-0.39, 0.29) is 11.8 Å². The topological polar surface area (TPSA) is 69.6 Å². The maximum Gasteiger partial charge on any atom is 0.306 e. The van der Waals surface area contributed by atoms with Gasteiger partial charge in [-0.25, -0.2) is 0 Å². The van der Waals surface area contributed by atoms with Crippen LogP contribution in [-0.4, -0.2) is 35.0 Å². The zero-order chi connectivity index (χ0) is 18.5. The van der Waals surface area contributed by atoms with Crippen molar-refractivity contribution >= 4 is 29.2 Å². The molecule has 1 aliphatic heterocycles. The van der Waals surface area contributed by atoms with E-state index in [1.54, 1.807) is 24.3 Å². The number of carbonyl (C=O) groups is 2. The van der Waals surface area contributed by atoms with Crippen LogP contribution in [0.15, 0.2) is 48.5 Å². The van der Waals surface area contributed by atoms with Crippen molar-refractivity contribution in [2.75, 3.05) is 18.4 Å². The molecule has 5 nitrogen and oxygen atoms in total. The summed E-state index contributed by atoms with van der Waals surface area (Å²) in [6, 6.07) is 14.6. The van der Waals surface area contributed by atoms with Crippen molar-refractivity contribution < 1.29 is 14.7 Å². The number of hydrogen-bond acceptors (Lipinski definition) is 3. The van der Waals surface area contributed by atoms with Crippen LogP contribution in [0.1, 0.15) is 28.8 Å². The Morgan fingerprint density at radius 2 is 1.85 bits per heavy atom. The molecular formula is C20H21ClN2O3. The van der Waals surface area contributed by atoms with Crippen molar-refractivity contribution in [3.05, 3.63) is 64.7 Å². The van der Waals surface area contributed by atoms with Gasteiger partial charge in [-0.3, -0.25) is 14.5 Å². The van der Waals surface area contributed by atoms with Crippen LogP contribution in [0.25, 0.3) is 0 Å². The van der Waals surface area contributed by atoms with E-state index in [1.165, 1.54) is 0 Å². The summed E-state index contributed by atoms with van der Waals surface area (Å²) in [6.45, 7) is 2.28. The van der Waals surface area contributed by atoms with Gasteiger partial charge in [0, 0.05) is 12.2 Å². The number of rotatable bonds is 5. The van der Waals surface area contributed by atoms with Crippen LogP contribution in [-0.2, 0) is 11.3 Å². The van der Waals surface area contributed by atoms with Gasteiger partial charge < -0.3 is 10.4 Å². The lowest BCUT2D eigenvalue weighted by molar-refractivity contribution is -0.143. The van der Waals surface area contributed by atoms with Gasteiger partial charge in [-0.2, -0.15) is 0 Å². The third-order valence-corrected chi connectivity index (χ3v) is 4.98. The van der Waals surface area contributed by atoms with Crippen LogP contribution in [0.2, 0.25) is 5.02 Å². The molecule has 1 amide bonds. The Kier molecular flexibility index (Phi) is 5.91. The highest BCUT2D eigenvalue weighted by Crippen LogP contribution is 2.21. The largest absolute Gasteiger partial charge is 0.481 e. The van der Waals surface area contributed by atoms with Crippen LogP contribution >= 0.6 is 11.6 Å². The minimum absolute atomic E-state index is 0.229. The second-order valence-electron chi connectivity index (χ2n) is 6.52. The van der Waals surface area contributed by atoms with E-state index in [0.29, 0.717) is 29.1 Å². The Morgan fingerprint density at radius 1 is 1.12 bits per heavy atom. The summed E-state index contributed by atoms with van der Waals surface area (Å²) in [7, 11) is 0. The molecule has 2 N–H and O–H groups in total. The van der Waals surface area contributed by atoms with Gasteiger partial charge in [0.1, 0.15) is 0 Å². The van der Waals surface area contributed by atoms with E-state index in [2.05, 4.69) is 10.2 Å². The number of carboxylic acid groups (broad SMARTS) is 1. The number of anilines is 1. The highest BCUT2D eigenvalue weighted by atomic mass is 35.5. The predicted octanol–water partition coefficient (Wildman–Crippen LogP) is 3.89. The smallest absolute Gasteiger partial charge is 0.306 e. The van der Waals surface area contributed by atoms with E-state index in [1.807, 2.05) is 24.3 Å². The number of halogens is 1. The zero-order valence-corrected chi connectivity index (χ0v) is 15.1. The van der Waals surface area contributed by atoms with Gasteiger partial charge in [0.05, 0.1) is 16.5 Å². The third-order valence-electron chi connectivity index (χ3n) is 4.65. The Bertz CT molecular complexity index is 801. The molecule has 2 aromatic carbocycles. The third kappa shape index (κ3) is 4.62. The lowest BCUT2D eigenvalue weighted by Crippen LogP contribution is -2.35. The highest BCUT2D eigenvalue weighted by molar-refractivity contribution is 6.34. The number of likely N-dealkylation sites (tertiary alicyclic amines) is 1. The minimum atomic E-state index is -0.700. The number of nitrogens with one attached hydrogen (secondary N) is 1. The minimum Gasteiger partial charge on any atom is -0.481 e. The van der Waals surface area contributed by atoms with E-state index in [0.717, 1.165) is 25.2 Å². The fourth-order valence-corrected chi connectivity index (χ4v) is 3.41.